The minimum atomic E-state index is -4.01. The molecule has 0 aromatic heterocycles. The van der Waals surface area contributed by atoms with E-state index in [4.69, 9.17) is 10.7 Å². The number of halogens is 2. The van der Waals surface area contributed by atoms with Gasteiger partial charge in [-0.1, -0.05) is 6.92 Å². The number of hydrogen-bond acceptors (Lipinski definition) is 3. The molecule has 2 rings (SSSR count). The fourth-order valence-corrected chi connectivity index (χ4v) is 3.96. The van der Waals surface area contributed by atoms with Crippen LogP contribution in [0.2, 0.25) is 0 Å². The van der Waals surface area contributed by atoms with Crippen LogP contribution < -0.4 is 0 Å². The molecule has 1 amide bonds. The summed E-state index contributed by atoms with van der Waals surface area (Å²) in [4.78, 5) is 13.9. The molecule has 1 aliphatic heterocycles. The van der Waals surface area contributed by atoms with Gasteiger partial charge in [0.15, 0.2) is 0 Å². The summed E-state index contributed by atoms with van der Waals surface area (Å²) in [6.45, 7) is 3.97. The van der Waals surface area contributed by atoms with Gasteiger partial charge in [0.1, 0.15) is 5.82 Å². The minimum Gasteiger partial charge on any atom is -0.336 e. The normalized spacial score (nSPS) is 19.0. The fraction of sp³-hybridized carbons (Fsp3) is 0.500. The van der Waals surface area contributed by atoms with Crippen LogP contribution in [0.25, 0.3) is 0 Å². The van der Waals surface area contributed by atoms with Crippen LogP contribution in [0.1, 0.15) is 42.1 Å². The van der Waals surface area contributed by atoms with Crippen molar-refractivity contribution >= 4 is 25.6 Å². The number of aryl methyl sites for hydroxylation is 1. The molecule has 0 N–H and O–H groups in total. The smallest absolute Gasteiger partial charge is 0.261 e. The number of hydrogen-bond donors (Lipinski definition) is 0. The van der Waals surface area contributed by atoms with Crippen molar-refractivity contribution in [3.05, 3.63) is 29.1 Å². The van der Waals surface area contributed by atoms with Gasteiger partial charge in [-0.15, -0.1) is 0 Å². The highest BCUT2D eigenvalue weighted by atomic mass is 35.7. The topological polar surface area (TPSA) is 54.5 Å². The Labute approximate surface area is 128 Å². The van der Waals surface area contributed by atoms with Gasteiger partial charge < -0.3 is 4.90 Å². The Hall–Kier alpha value is -1.14. The van der Waals surface area contributed by atoms with E-state index in [9.17, 15) is 17.6 Å². The van der Waals surface area contributed by atoms with Crippen molar-refractivity contribution in [1.82, 2.24) is 4.90 Å². The second-order valence-corrected chi connectivity index (χ2v) is 7.77. The third-order valence-corrected chi connectivity index (χ3v) is 5.33. The van der Waals surface area contributed by atoms with Crippen molar-refractivity contribution in [2.75, 3.05) is 6.54 Å². The summed E-state index contributed by atoms with van der Waals surface area (Å²) in [5, 5.41) is 0. The Bertz CT molecular complexity index is 675. The number of benzene rings is 1. The zero-order valence-corrected chi connectivity index (χ0v) is 13.5. The van der Waals surface area contributed by atoms with Crippen LogP contribution >= 0.6 is 10.7 Å². The SMILES string of the molecule is CCC1CCCN1C(=O)c1cc(S(=O)(=O)Cl)c(C)cc1F. The van der Waals surface area contributed by atoms with Gasteiger partial charge in [-0.25, -0.2) is 12.8 Å². The van der Waals surface area contributed by atoms with Crippen molar-refractivity contribution < 1.29 is 17.6 Å². The fourth-order valence-electron chi connectivity index (χ4n) is 2.76. The Balaban J connectivity index is 2.46. The minimum absolute atomic E-state index is 0.0780. The maximum Gasteiger partial charge on any atom is 0.261 e. The molecule has 0 bridgehead atoms. The highest BCUT2D eigenvalue weighted by Gasteiger charge is 2.30. The zero-order valence-electron chi connectivity index (χ0n) is 11.9. The Kier molecular flexibility index (Phi) is 4.58. The summed E-state index contributed by atoms with van der Waals surface area (Å²) in [6, 6.07) is 2.16. The molecule has 1 atom stereocenters. The van der Waals surface area contributed by atoms with Crippen LogP contribution in [0.15, 0.2) is 17.0 Å². The molecule has 1 unspecified atom stereocenters. The van der Waals surface area contributed by atoms with Crippen LogP contribution in [0.3, 0.4) is 0 Å². The van der Waals surface area contributed by atoms with Gasteiger partial charge in [-0.2, -0.15) is 0 Å². The molecular formula is C14H17ClFNO3S. The summed E-state index contributed by atoms with van der Waals surface area (Å²) >= 11 is 0. The summed E-state index contributed by atoms with van der Waals surface area (Å²) in [7, 11) is 1.32. The van der Waals surface area contributed by atoms with Crippen LogP contribution in [-0.4, -0.2) is 31.8 Å². The van der Waals surface area contributed by atoms with Gasteiger partial charge in [-0.3, -0.25) is 4.79 Å². The van der Waals surface area contributed by atoms with E-state index in [1.165, 1.54) is 6.92 Å². The number of amides is 1. The zero-order chi connectivity index (χ0) is 15.8. The number of rotatable bonds is 3. The molecule has 7 heteroatoms. The van der Waals surface area contributed by atoms with Crippen molar-refractivity contribution in [1.29, 1.82) is 0 Å². The number of carbonyl (C=O) groups excluding carboxylic acids is 1. The Morgan fingerprint density at radius 3 is 2.71 bits per heavy atom. The quantitative estimate of drug-likeness (QED) is 0.799. The first kappa shape index (κ1) is 16.2. The lowest BCUT2D eigenvalue weighted by atomic mass is 10.1. The standard InChI is InChI=1S/C14H17ClFNO3S/c1-3-10-5-4-6-17(10)14(18)11-8-13(21(15,19)20)9(2)7-12(11)16/h7-8,10H,3-6H2,1-2H3. The number of nitrogens with zero attached hydrogens (tertiary/aromatic N) is 1. The lowest BCUT2D eigenvalue weighted by molar-refractivity contribution is 0.0728. The molecule has 4 nitrogen and oxygen atoms in total. The molecule has 1 aliphatic rings. The molecule has 0 radical (unpaired) electrons. The first-order valence-corrected chi connectivity index (χ1v) is 9.12. The molecule has 21 heavy (non-hydrogen) atoms. The second kappa shape index (κ2) is 5.93. The average Bonchev–Trinajstić information content (AvgIpc) is 2.84. The van der Waals surface area contributed by atoms with Gasteiger partial charge in [0.25, 0.3) is 15.0 Å². The van der Waals surface area contributed by atoms with E-state index in [1.54, 1.807) is 4.90 Å². The van der Waals surface area contributed by atoms with Crippen LogP contribution in [0, 0.1) is 12.7 Å². The Morgan fingerprint density at radius 2 is 2.14 bits per heavy atom. The van der Waals surface area contributed by atoms with Gasteiger partial charge in [0.05, 0.1) is 10.5 Å². The van der Waals surface area contributed by atoms with Crippen molar-refractivity contribution in [2.24, 2.45) is 0 Å². The molecule has 1 aromatic rings. The lowest BCUT2D eigenvalue weighted by Gasteiger charge is -2.24. The average molecular weight is 334 g/mol. The molecule has 116 valence electrons. The molecular weight excluding hydrogens is 317 g/mol. The summed E-state index contributed by atoms with van der Waals surface area (Å²) in [5.74, 6) is -1.19. The highest BCUT2D eigenvalue weighted by Crippen LogP contribution is 2.27. The van der Waals surface area contributed by atoms with Gasteiger partial charge in [0.2, 0.25) is 0 Å². The first-order chi connectivity index (χ1) is 9.75. The van der Waals surface area contributed by atoms with Gasteiger partial charge >= 0.3 is 0 Å². The van der Waals surface area contributed by atoms with Crippen LogP contribution in [0.4, 0.5) is 4.39 Å². The highest BCUT2D eigenvalue weighted by molar-refractivity contribution is 8.13. The largest absolute Gasteiger partial charge is 0.336 e. The summed E-state index contributed by atoms with van der Waals surface area (Å²) < 4.78 is 37.1. The maximum absolute atomic E-state index is 14.1. The number of carbonyl (C=O) groups is 1. The predicted octanol–water partition coefficient (Wildman–Crippen LogP) is 3.08. The Morgan fingerprint density at radius 1 is 1.48 bits per heavy atom. The van der Waals surface area contributed by atoms with Crippen LogP contribution in [0.5, 0.6) is 0 Å². The van der Waals surface area contributed by atoms with E-state index in [1.807, 2.05) is 6.92 Å². The molecule has 0 spiro atoms. The molecule has 1 aromatic carbocycles. The molecule has 1 heterocycles. The third-order valence-electron chi connectivity index (χ3n) is 3.87. The van der Waals surface area contributed by atoms with Crippen LogP contribution in [-0.2, 0) is 9.05 Å². The van der Waals surface area contributed by atoms with E-state index in [2.05, 4.69) is 0 Å². The van der Waals surface area contributed by atoms with Gasteiger partial charge in [-0.05, 0) is 43.9 Å². The predicted molar refractivity (Wildman–Crippen MR) is 78.5 cm³/mol. The van der Waals surface area contributed by atoms with E-state index < -0.39 is 20.8 Å². The van der Waals surface area contributed by atoms with Crippen molar-refractivity contribution in [3.8, 4) is 0 Å². The second-order valence-electron chi connectivity index (χ2n) is 5.24. The molecule has 0 aliphatic carbocycles. The summed E-state index contributed by atoms with van der Waals surface area (Å²) in [5.41, 5.74) is -0.0484. The third kappa shape index (κ3) is 3.21. The van der Waals surface area contributed by atoms with E-state index in [0.29, 0.717) is 6.54 Å². The van der Waals surface area contributed by atoms with E-state index in [0.717, 1.165) is 31.4 Å². The van der Waals surface area contributed by atoms with E-state index >= 15 is 0 Å². The van der Waals surface area contributed by atoms with Crippen molar-refractivity contribution in [3.63, 3.8) is 0 Å². The molecule has 1 saturated heterocycles. The molecule has 0 saturated carbocycles. The van der Waals surface area contributed by atoms with Gasteiger partial charge in [0, 0.05) is 23.3 Å². The maximum atomic E-state index is 14.1. The lowest BCUT2D eigenvalue weighted by Crippen LogP contribution is -2.35. The summed E-state index contributed by atoms with van der Waals surface area (Å²) in [6.07, 6.45) is 2.55. The monoisotopic (exact) mass is 333 g/mol. The number of likely N-dealkylation sites (tertiary alicyclic amines) is 1. The van der Waals surface area contributed by atoms with E-state index in [-0.39, 0.29) is 22.1 Å². The first-order valence-electron chi connectivity index (χ1n) is 6.81. The molecule has 1 fully saturated rings. The van der Waals surface area contributed by atoms with Crippen molar-refractivity contribution in [2.45, 2.75) is 44.0 Å².